The van der Waals surface area contributed by atoms with E-state index in [1.54, 1.807) is 0 Å². The molecule has 19 heteroatoms. The maximum atomic E-state index is 13.1. The summed E-state index contributed by atoms with van der Waals surface area (Å²) in [5.74, 6) is -1.32. The van der Waals surface area contributed by atoms with Crippen LogP contribution in [-0.4, -0.2) is 96.7 Å². The van der Waals surface area contributed by atoms with Gasteiger partial charge in [-0.05, 0) is 31.6 Å². The quantitative estimate of drug-likeness (QED) is 0.0222. The second kappa shape index (κ2) is 69.2. The molecule has 0 bridgehead atoms. The zero-order valence-corrected chi connectivity index (χ0v) is 63.6. The minimum atomic E-state index is -4.96. The number of phosphoric acid groups is 2. The Labute approximate surface area is 581 Å². The van der Waals surface area contributed by atoms with Crippen LogP contribution in [0.1, 0.15) is 401 Å². The van der Waals surface area contributed by atoms with Gasteiger partial charge in [0.15, 0.2) is 12.2 Å². The molecule has 0 aromatic carbocycles. The van der Waals surface area contributed by atoms with Crippen LogP contribution in [0.5, 0.6) is 0 Å². The first-order valence-corrected chi connectivity index (χ1v) is 42.6. The minimum Gasteiger partial charge on any atom is -0.462 e. The number of rotatable bonds is 76. The molecule has 17 nitrogen and oxygen atoms in total. The molecular weight excluding hydrogens is 1250 g/mol. The van der Waals surface area contributed by atoms with Gasteiger partial charge in [-0.3, -0.25) is 37.3 Å². The van der Waals surface area contributed by atoms with E-state index in [-0.39, 0.29) is 25.7 Å². The molecule has 3 N–H and O–H groups in total. The molecule has 0 radical (unpaired) electrons. The molecule has 0 amide bonds. The van der Waals surface area contributed by atoms with E-state index in [1.165, 1.54) is 212 Å². The van der Waals surface area contributed by atoms with Gasteiger partial charge in [-0.1, -0.05) is 349 Å². The highest BCUT2D eigenvalue weighted by atomic mass is 31.2. The topological polar surface area (TPSA) is 237 Å². The average Bonchev–Trinajstić information content (AvgIpc) is 1.52. The summed E-state index contributed by atoms with van der Waals surface area (Å²) in [6.07, 6.45) is 58.3. The van der Waals surface area contributed by atoms with Crippen LogP contribution in [0.2, 0.25) is 0 Å². The molecule has 2 unspecified atom stereocenters. The van der Waals surface area contributed by atoms with Crippen molar-refractivity contribution in [2.75, 3.05) is 39.6 Å². The van der Waals surface area contributed by atoms with E-state index < -0.39 is 97.5 Å². The summed E-state index contributed by atoms with van der Waals surface area (Å²) in [4.78, 5) is 72.7. The molecule has 564 valence electrons. The van der Waals surface area contributed by atoms with Crippen LogP contribution in [-0.2, 0) is 65.4 Å². The summed E-state index contributed by atoms with van der Waals surface area (Å²) in [6, 6.07) is 0. The predicted octanol–water partition coefficient (Wildman–Crippen LogP) is 22.5. The van der Waals surface area contributed by atoms with E-state index >= 15 is 0 Å². The third kappa shape index (κ3) is 70.3. The number of aliphatic hydroxyl groups is 1. The summed E-state index contributed by atoms with van der Waals surface area (Å²) < 4.78 is 68.4. The van der Waals surface area contributed by atoms with Crippen molar-refractivity contribution in [2.24, 2.45) is 5.92 Å². The van der Waals surface area contributed by atoms with E-state index in [0.717, 1.165) is 109 Å². The Morgan fingerprint density at radius 3 is 0.716 bits per heavy atom. The fraction of sp³-hybridized carbons (Fsp3) is 0.947. The number of hydrogen-bond donors (Lipinski definition) is 3. The normalized spacial score (nSPS) is 13.9. The Hall–Kier alpha value is -1.94. The average molecular weight is 1400 g/mol. The van der Waals surface area contributed by atoms with Crippen LogP contribution in [0.4, 0.5) is 0 Å². The fourth-order valence-corrected chi connectivity index (χ4v) is 13.3. The first-order chi connectivity index (χ1) is 46.0. The van der Waals surface area contributed by atoms with Crippen LogP contribution < -0.4 is 0 Å². The Morgan fingerprint density at radius 1 is 0.284 bits per heavy atom. The molecular formula is C76H148O17P2. The Balaban J connectivity index is 5.19. The van der Waals surface area contributed by atoms with Gasteiger partial charge in [-0.25, -0.2) is 9.13 Å². The lowest BCUT2D eigenvalue weighted by Gasteiger charge is -2.21. The van der Waals surface area contributed by atoms with Gasteiger partial charge < -0.3 is 33.8 Å². The molecule has 0 aliphatic heterocycles. The highest BCUT2D eigenvalue weighted by Crippen LogP contribution is 2.45. The number of carbonyl (C=O) groups excluding carboxylic acids is 4. The summed E-state index contributed by atoms with van der Waals surface area (Å²) in [5.41, 5.74) is 0. The van der Waals surface area contributed by atoms with Gasteiger partial charge in [0.25, 0.3) is 0 Å². The summed E-state index contributed by atoms with van der Waals surface area (Å²) in [5, 5.41) is 10.6. The van der Waals surface area contributed by atoms with E-state index in [1.807, 2.05) is 0 Å². The third-order valence-corrected chi connectivity index (χ3v) is 19.7. The van der Waals surface area contributed by atoms with Crippen molar-refractivity contribution in [3.05, 3.63) is 0 Å². The largest absolute Gasteiger partial charge is 0.472 e. The second-order valence-electron chi connectivity index (χ2n) is 27.9. The summed E-state index contributed by atoms with van der Waals surface area (Å²) >= 11 is 0. The lowest BCUT2D eigenvalue weighted by molar-refractivity contribution is -0.161. The molecule has 0 heterocycles. The van der Waals surface area contributed by atoms with Crippen molar-refractivity contribution < 1.29 is 80.2 Å². The Morgan fingerprint density at radius 2 is 0.484 bits per heavy atom. The predicted molar refractivity (Wildman–Crippen MR) is 386 cm³/mol. The first kappa shape index (κ1) is 93.1. The van der Waals surface area contributed by atoms with Gasteiger partial charge in [-0.2, -0.15) is 0 Å². The monoisotopic (exact) mass is 1400 g/mol. The zero-order valence-electron chi connectivity index (χ0n) is 61.8. The molecule has 0 aliphatic carbocycles. The highest BCUT2D eigenvalue weighted by Gasteiger charge is 2.30. The molecule has 0 saturated carbocycles. The van der Waals surface area contributed by atoms with Crippen LogP contribution in [0.15, 0.2) is 0 Å². The van der Waals surface area contributed by atoms with Crippen molar-refractivity contribution >= 4 is 39.5 Å². The smallest absolute Gasteiger partial charge is 0.462 e. The molecule has 95 heavy (non-hydrogen) atoms. The lowest BCUT2D eigenvalue weighted by Crippen LogP contribution is -2.30. The molecule has 0 rings (SSSR count). The molecule has 0 fully saturated rings. The van der Waals surface area contributed by atoms with Gasteiger partial charge in [0.1, 0.15) is 19.3 Å². The highest BCUT2D eigenvalue weighted by molar-refractivity contribution is 7.47. The first-order valence-electron chi connectivity index (χ1n) is 39.6. The van der Waals surface area contributed by atoms with Crippen LogP contribution in [0.3, 0.4) is 0 Å². The molecule has 5 atom stereocenters. The summed E-state index contributed by atoms with van der Waals surface area (Å²) in [7, 11) is -9.91. The SMILES string of the molecule is CCCCCCCCCCCCCCCCCCC(=O)OC[C@H](COP(=O)(O)OC[C@@H](O)COP(=O)(O)OC[C@@H](COC(=O)CCCCCCCCC)OC(=O)CCCCCCCCCCCCCCCCC)OC(=O)CCCCCCCCCCCCCCCCC(C)C. The second-order valence-corrected chi connectivity index (χ2v) is 30.8. The van der Waals surface area contributed by atoms with Gasteiger partial charge in [0.05, 0.1) is 26.4 Å². The number of hydrogen-bond acceptors (Lipinski definition) is 15. The number of phosphoric ester groups is 2. The third-order valence-electron chi connectivity index (χ3n) is 17.8. The van der Waals surface area contributed by atoms with Crippen molar-refractivity contribution in [3.8, 4) is 0 Å². The molecule has 0 aromatic rings. The van der Waals surface area contributed by atoms with Crippen LogP contribution in [0, 0.1) is 5.92 Å². The minimum absolute atomic E-state index is 0.108. The molecule has 0 saturated heterocycles. The van der Waals surface area contributed by atoms with Gasteiger partial charge in [0.2, 0.25) is 0 Å². The van der Waals surface area contributed by atoms with Gasteiger partial charge >= 0.3 is 39.5 Å². The number of unbranched alkanes of at least 4 members (excludes halogenated alkanes) is 48. The Bertz CT molecular complexity index is 1820. The standard InChI is InChI=1S/C76H148O17P2/c1-6-9-12-15-18-20-22-24-26-28-32-36-40-45-50-55-60-74(79)87-66-72(93-76(81)62-57-52-47-42-38-34-30-29-31-35-39-44-48-53-58-69(4)5)68-91-95(84,85)89-64-70(77)63-88-94(82,83)90-67-71(65-86-73(78)59-54-49-43-17-14-11-8-3)92-75(80)61-56-51-46-41-37-33-27-25-23-21-19-16-13-10-7-2/h69-72,77H,6-68H2,1-5H3,(H,82,83)(H,84,85)/t70-,71+,72+/m0/s1. The molecule has 0 spiro atoms. The van der Waals surface area contributed by atoms with Crippen molar-refractivity contribution in [1.29, 1.82) is 0 Å². The molecule has 0 aromatic heterocycles. The number of ether oxygens (including phenoxy) is 4. The van der Waals surface area contributed by atoms with Crippen molar-refractivity contribution in [1.82, 2.24) is 0 Å². The fourth-order valence-electron chi connectivity index (χ4n) is 11.7. The number of esters is 4. The number of carbonyl (C=O) groups is 4. The van der Waals surface area contributed by atoms with Crippen LogP contribution in [0.25, 0.3) is 0 Å². The lowest BCUT2D eigenvalue weighted by atomic mass is 10.0. The maximum Gasteiger partial charge on any atom is 0.472 e. The van der Waals surface area contributed by atoms with Crippen molar-refractivity contribution in [3.63, 3.8) is 0 Å². The van der Waals surface area contributed by atoms with Gasteiger partial charge in [-0.15, -0.1) is 0 Å². The van der Waals surface area contributed by atoms with Crippen molar-refractivity contribution in [2.45, 2.75) is 419 Å². The van der Waals surface area contributed by atoms with Crippen LogP contribution >= 0.6 is 15.6 Å². The molecule has 0 aliphatic rings. The van der Waals surface area contributed by atoms with E-state index in [0.29, 0.717) is 25.7 Å². The number of aliphatic hydroxyl groups excluding tert-OH is 1. The van der Waals surface area contributed by atoms with E-state index in [2.05, 4.69) is 34.6 Å². The van der Waals surface area contributed by atoms with Gasteiger partial charge in [0, 0.05) is 25.7 Å². The Kier molecular flexibility index (Phi) is 67.7. The maximum absolute atomic E-state index is 13.1. The summed E-state index contributed by atoms with van der Waals surface area (Å²) in [6.45, 7) is 7.28. The van der Waals surface area contributed by atoms with E-state index in [4.69, 9.17) is 37.0 Å². The zero-order chi connectivity index (χ0) is 69.8. The van der Waals surface area contributed by atoms with E-state index in [9.17, 15) is 43.2 Å².